The Bertz CT molecular complexity index is 1880. The Morgan fingerprint density at radius 1 is 0.926 bits per heavy atom. The zero-order valence-corrected chi connectivity index (χ0v) is 45.9. The van der Waals surface area contributed by atoms with Crippen molar-refractivity contribution in [2.45, 2.75) is 150 Å². The number of nitrogens with zero attached hydrogens (tertiary/aromatic N) is 3. The number of methoxy groups -OCH3 is 2. The molecule has 4 unspecified atom stereocenters. The molecule has 4 atom stereocenters. The van der Waals surface area contributed by atoms with Crippen LogP contribution >= 0.6 is 10.0 Å². The van der Waals surface area contributed by atoms with Crippen LogP contribution in [0.15, 0.2) is 104 Å². The van der Waals surface area contributed by atoms with Gasteiger partial charge < -0.3 is 25.1 Å². The average Bonchev–Trinajstić information content (AvgIpc) is 4.20. The zero-order chi connectivity index (χ0) is 51.1. The molecular formula is C58H96N6O3S. The second-order valence-corrected chi connectivity index (χ2v) is 22.9. The number of rotatable bonds is 18. The minimum Gasteiger partial charge on any atom is -0.483 e. The highest BCUT2D eigenvalue weighted by atomic mass is 32.3. The van der Waals surface area contributed by atoms with Crippen LogP contribution in [0.5, 0.6) is 0 Å². The number of hydrogen-bond donors (Lipinski definition) is 3. The van der Waals surface area contributed by atoms with Crippen LogP contribution in [0.25, 0.3) is 28.0 Å². The molecule has 68 heavy (non-hydrogen) atoms. The maximum absolute atomic E-state index is 11.2. The molecule has 1 aliphatic heterocycles. The van der Waals surface area contributed by atoms with Crippen molar-refractivity contribution in [1.29, 1.82) is 0 Å². The van der Waals surface area contributed by atoms with E-state index >= 15 is 0 Å². The van der Waals surface area contributed by atoms with Gasteiger partial charge in [0.2, 0.25) is 0 Å². The highest BCUT2D eigenvalue weighted by Gasteiger charge is 2.30. The number of carbonyl (C=O) groups is 1. The van der Waals surface area contributed by atoms with Crippen LogP contribution in [-0.2, 0) is 14.3 Å². The molecule has 0 amide bonds. The van der Waals surface area contributed by atoms with Crippen molar-refractivity contribution in [3.8, 4) is 22.4 Å². The summed E-state index contributed by atoms with van der Waals surface area (Å²) in [6, 6.07) is 18.4. The van der Waals surface area contributed by atoms with E-state index in [4.69, 9.17) is 4.74 Å². The predicted molar refractivity (Wildman–Crippen MR) is 301 cm³/mol. The van der Waals surface area contributed by atoms with Crippen LogP contribution in [0.4, 0.5) is 0 Å². The molecule has 3 aliphatic rings. The SMILES string of the molecule is C=CC(NC(=C)OC)C1CCCC1.C=CNC(C(C)=O)C1CCCC1.C=N/C=C(\C)c1ccc(-c2ccc(-c3cnc(C(C)CCCC)[nH]3)cc2)cc1.CC.CCC1CS(C)(C)CN1C.COC. The van der Waals surface area contributed by atoms with Crippen molar-refractivity contribution in [2.24, 2.45) is 16.8 Å². The second-order valence-electron chi connectivity index (χ2n) is 18.7. The van der Waals surface area contributed by atoms with Crippen molar-refractivity contribution in [2.75, 3.05) is 52.5 Å². The van der Waals surface area contributed by atoms with E-state index in [9.17, 15) is 4.79 Å². The highest BCUT2D eigenvalue weighted by Crippen LogP contribution is 2.47. The number of H-pyrrole nitrogens is 1. The van der Waals surface area contributed by atoms with Gasteiger partial charge in [0.1, 0.15) is 5.82 Å². The van der Waals surface area contributed by atoms with E-state index in [0.29, 0.717) is 29.7 Å². The number of aliphatic imine (C=N–C) groups is 1. The molecule has 3 fully saturated rings. The maximum atomic E-state index is 11.2. The number of ether oxygens (including phenoxy) is 2. The van der Waals surface area contributed by atoms with Crippen LogP contribution in [0.1, 0.15) is 143 Å². The minimum atomic E-state index is -0.231. The number of Topliss-reactive ketones (excluding diaryl/α,β-unsaturated/α-hetero) is 1. The summed E-state index contributed by atoms with van der Waals surface area (Å²) in [5.74, 6) is 6.50. The molecule has 10 heteroatoms. The first kappa shape index (κ1) is 61.6. The quantitative estimate of drug-likeness (QED) is 0.0663. The number of benzene rings is 2. The highest BCUT2D eigenvalue weighted by molar-refractivity contribution is 8.32. The molecule has 1 aromatic heterocycles. The molecule has 0 bridgehead atoms. The molecule has 382 valence electrons. The fraction of sp³-hybridized carbons (Fsp3) is 0.569. The Balaban J connectivity index is 0.000000482. The van der Waals surface area contributed by atoms with Gasteiger partial charge in [-0.15, -0.1) is 6.58 Å². The number of allylic oxidation sites excluding steroid dienone is 1. The second kappa shape index (κ2) is 34.8. The van der Waals surface area contributed by atoms with Gasteiger partial charge in [-0.05, 0) is 137 Å². The number of nitrogens with one attached hydrogen (secondary N) is 3. The normalized spacial score (nSPS) is 18.2. The Hall–Kier alpha value is -4.38. The molecular weight excluding hydrogens is 861 g/mol. The molecule has 2 heterocycles. The Labute approximate surface area is 417 Å². The van der Waals surface area contributed by atoms with Gasteiger partial charge in [-0.1, -0.05) is 134 Å². The number of carbonyl (C=O) groups excluding carboxylic acids is 1. The third-order valence-corrected chi connectivity index (χ3v) is 15.2. The number of unbranched alkanes of at least 4 members (excludes halogenated alkanes) is 1. The van der Waals surface area contributed by atoms with E-state index in [-0.39, 0.29) is 21.9 Å². The first-order chi connectivity index (χ1) is 32.6. The van der Waals surface area contributed by atoms with E-state index in [2.05, 4.69) is 151 Å². The average molecular weight is 958 g/mol. The summed E-state index contributed by atoms with van der Waals surface area (Å²) >= 11 is 0. The zero-order valence-electron chi connectivity index (χ0n) is 45.1. The number of ketones is 1. The van der Waals surface area contributed by atoms with Crippen molar-refractivity contribution in [1.82, 2.24) is 25.5 Å². The minimum absolute atomic E-state index is 0.0185. The van der Waals surface area contributed by atoms with Crippen LogP contribution in [-0.4, -0.2) is 98.0 Å². The van der Waals surface area contributed by atoms with Crippen molar-refractivity contribution < 1.29 is 14.3 Å². The Kier molecular flexibility index (Phi) is 31.6. The number of aromatic nitrogens is 2. The summed E-state index contributed by atoms with van der Waals surface area (Å²) in [5, 5.41) is 6.26. The summed E-state index contributed by atoms with van der Waals surface area (Å²) in [7, 11) is 6.91. The molecule has 2 aliphatic carbocycles. The number of aromatic amines is 1. The van der Waals surface area contributed by atoms with Crippen LogP contribution < -0.4 is 10.6 Å². The Morgan fingerprint density at radius 3 is 1.88 bits per heavy atom. The molecule has 2 saturated carbocycles. The first-order valence-corrected chi connectivity index (χ1v) is 28.1. The van der Waals surface area contributed by atoms with E-state index in [1.165, 1.54) is 99.8 Å². The topological polar surface area (TPSA) is 104 Å². The fourth-order valence-electron chi connectivity index (χ4n) is 9.08. The number of hydrogen-bond acceptors (Lipinski definition) is 8. The fourth-order valence-corrected chi connectivity index (χ4v) is 12.0. The molecule has 3 N–H and O–H groups in total. The van der Waals surface area contributed by atoms with Gasteiger partial charge in [0, 0.05) is 44.3 Å². The van der Waals surface area contributed by atoms with Crippen LogP contribution in [0.3, 0.4) is 0 Å². The lowest BCUT2D eigenvalue weighted by molar-refractivity contribution is -0.119. The molecule has 2 aromatic carbocycles. The summed E-state index contributed by atoms with van der Waals surface area (Å²) in [5.41, 5.74) is 6.92. The first-order valence-electron chi connectivity index (χ1n) is 25.3. The largest absolute Gasteiger partial charge is 0.483 e. The molecule has 0 spiro atoms. The summed E-state index contributed by atoms with van der Waals surface area (Å²) < 4.78 is 9.24. The van der Waals surface area contributed by atoms with E-state index in [1.807, 2.05) is 33.0 Å². The molecule has 0 radical (unpaired) electrons. The van der Waals surface area contributed by atoms with Gasteiger partial charge in [0.25, 0.3) is 0 Å². The van der Waals surface area contributed by atoms with Gasteiger partial charge in [-0.2, -0.15) is 0 Å². The molecule has 3 aromatic rings. The van der Waals surface area contributed by atoms with Gasteiger partial charge in [-0.25, -0.2) is 15.0 Å². The number of imidazole rings is 1. The van der Waals surface area contributed by atoms with Gasteiger partial charge in [0.05, 0.1) is 25.0 Å². The molecule has 1 saturated heterocycles. The van der Waals surface area contributed by atoms with E-state index in [0.717, 1.165) is 34.3 Å². The van der Waals surface area contributed by atoms with E-state index < -0.39 is 0 Å². The van der Waals surface area contributed by atoms with E-state index in [1.54, 1.807) is 40.7 Å². The molecule has 9 nitrogen and oxygen atoms in total. The third kappa shape index (κ3) is 22.4. The smallest absolute Gasteiger partial charge is 0.179 e. The van der Waals surface area contributed by atoms with Gasteiger partial charge in [0.15, 0.2) is 11.7 Å². The predicted octanol–water partition coefficient (Wildman–Crippen LogP) is 14.4. The van der Waals surface area contributed by atoms with Crippen LogP contribution in [0.2, 0.25) is 0 Å². The van der Waals surface area contributed by atoms with Crippen molar-refractivity contribution in [3.05, 3.63) is 110 Å². The Morgan fingerprint density at radius 2 is 1.46 bits per heavy atom. The van der Waals surface area contributed by atoms with Crippen molar-refractivity contribution in [3.63, 3.8) is 0 Å². The lowest BCUT2D eigenvalue weighted by Crippen LogP contribution is -2.37. The lowest BCUT2D eigenvalue weighted by Gasteiger charge is -2.23. The molecule has 6 rings (SSSR count). The van der Waals surface area contributed by atoms with Crippen molar-refractivity contribution >= 4 is 28.1 Å². The third-order valence-electron chi connectivity index (χ3n) is 12.8. The lowest BCUT2D eigenvalue weighted by atomic mass is 9.95. The standard InChI is InChI=1S/C25H29N3.C11H19NO.C10H17NO.C8H19NS.C2H6O.C2H6/c1-5-6-7-18(2)25-27-17-24(28-25)23-14-12-22(13-15-23)21-10-8-20(9-11-21)19(3)16-26-4;1-4-11(12-9(2)13-3)10-7-5-6-8-10;1-3-11-10(8(2)12)9-6-4-5-7-9;1-5-8-6-10(3,4)7-9(8)2;1-3-2;1-2/h8-18H,4-7H2,1-3H3,(H,27,28);4,10-12H,1-2,5-8H2,3H3;3,9-11H,1,4-7H2,2H3;8H,5-7H2,1-4H3;1-2H3;1-2H3/b19-16+;;;;;. The van der Waals surface area contributed by atoms with Gasteiger partial charge in [-0.3, -0.25) is 14.7 Å². The monoisotopic (exact) mass is 957 g/mol. The van der Waals surface area contributed by atoms with Crippen LogP contribution in [0, 0.1) is 11.8 Å². The maximum Gasteiger partial charge on any atom is 0.179 e. The van der Waals surface area contributed by atoms with Gasteiger partial charge >= 0.3 is 0 Å². The summed E-state index contributed by atoms with van der Waals surface area (Å²) in [6.45, 7) is 29.1. The summed E-state index contributed by atoms with van der Waals surface area (Å²) in [6.07, 6.45) is 27.4. The summed E-state index contributed by atoms with van der Waals surface area (Å²) in [4.78, 5) is 25.7.